The topological polar surface area (TPSA) is 119 Å². The van der Waals surface area contributed by atoms with E-state index in [0.29, 0.717) is 5.69 Å². The van der Waals surface area contributed by atoms with Crippen molar-refractivity contribution in [1.29, 1.82) is 0 Å². The number of carbonyl (C=O) groups excluding carboxylic acids is 3. The van der Waals surface area contributed by atoms with Crippen molar-refractivity contribution in [3.63, 3.8) is 0 Å². The summed E-state index contributed by atoms with van der Waals surface area (Å²) in [6.07, 6.45) is 0. The lowest BCUT2D eigenvalue weighted by Gasteiger charge is -2.25. The fourth-order valence-corrected chi connectivity index (χ4v) is 5.15. The van der Waals surface area contributed by atoms with Crippen LogP contribution in [0, 0.1) is 20.8 Å². The van der Waals surface area contributed by atoms with Crippen LogP contribution in [-0.4, -0.2) is 47.0 Å². The first-order valence-corrected chi connectivity index (χ1v) is 12.7. The fraction of sp³-hybridized carbons (Fsp3) is 0.222. The van der Waals surface area contributed by atoms with Crippen LogP contribution >= 0.6 is 0 Å². The summed E-state index contributed by atoms with van der Waals surface area (Å²) in [6, 6.07) is 15.5. The van der Waals surface area contributed by atoms with E-state index in [0.717, 1.165) is 21.0 Å². The van der Waals surface area contributed by atoms with E-state index in [1.54, 1.807) is 24.3 Å². The zero-order chi connectivity index (χ0) is 27.3. The summed E-state index contributed by atoms with van der Waals surface area (Å²) < 4.78 is 37.8. The van der Waals surface area contributed by atoms with Gasteiger partial charge in [0.25, 0.3) is 10.0 Å². The Bertz CT molecular complexity index is 1430. The van der Waals surface area contributed by atoms with Gasteiger partial charge in [-0.25, -0.2) is 18.0 Å². The smallest absolute Gasteiger partial charge is 0.339 e. The number of methoxy groups -OCH3 is 2. The number of anilines is 2. The van der Waals surface area contributed by atoms with Gasteiger partial charge in [-0.3, -0.25) is 9.10 Å². The molecular formula is C27H28N2O7S. The monoisotopic (exact) mass is 524 g/mol. The Morgan fingerprint density at radius 2 is 1.38 bits per heavy atom. The van der Waals surface area contributed by atoms with Crippen LogP contribution in [0.1, 0.15) is 37.4 Å². The number of hydrogen-bond acceptors (Lipinski definition) is 7. The number of hydrogen-bond donors (Lipinski definition) is 1. The molecule has 9 nitrogen and oxygen atoms in total. The van der Waals surface area contributed by atoms with Crippen LogP contribution in [0.3, 0.4) is 0 Å². The van der Waals surface area contributed by atoms with E-state index in [4.69, 9.17) is 9.47 Å². The summed E-state index contributed by atoms with van der Waals surface area (Å²) in [6.45, 7) is 4.90. The lowest BCUT2D eigenvalue weighted by molar-refractivity contribution is -0.114. The predicted molar refractivity (Wildman–Crippen MR) is 139 cm³/mol. The van der Waals surface area contributed by atoms with Crippen molar-refractivity contribution in [3.05, 3.63) is 88.5 Å². The van der Waals surface area contributed by atoms with E-state index in [9.17, 15) is 22.8 Å². The second-order valence-electron chi connectivity index (χ2n) is 8.46. The van der Waals surface area contributed by atoms with Gasteiger partial charge in [0.15, 0.2) is 0 Å². The molecule has 1 N–H and O–H groups in total. The summed E-state index contributed by atoms with van der Waals surface area (Å²) >= 11 is 0. The van der Waals surface area contributed by atoms with E-state index in [1.807, 2.05) is 26.8 Å². The molecule has 0 radical (unpaired) electrons. The zero-order valence-electron chi connectivity index (χ0n) is 21.2. The van der Waals surface area contributed by atoms with Crippen LogP contribution in [0.25, 0.3) is 0 Å². The second-order valence-corrected chi connectivity index (χ2v) is 10.3. The SMILES string of the molecule is COC(=O)c1ccc(C(=O)OC)c(NC(=O)CN(c2cc(C)cc(C)c2)S(=O)(=O)c2ccc(C)cc2)c1. The molecular weight excluding hydrogens is 496 g/mol. The number of rotatable bonds is 8. The number of sulfonamides is 1. The number of aryl methyl sites for hydroxylation is 3. The van der Waals surface area contributed by atoms with Crippen LogP contribution < -0.4 is 9.62 Å². The van der Waals surface area contributed by atoms with Crippen LogP contribution in [0.4, 0.5) is 11.4 Å². The molecule has 10 heteroatoms. The average Bonchev–Trinajstić information content (AvgIpc) is 2.85. The Labute approximate surface area is 216 Å². The van der Waals surface area contributed by atoms with E-state index in [-0.39, 0.29) is 21.7 Å². The van der Waals surface area contributed by atoms with Gasteiger partial charge in [-0.1, -0.05) is 23.8 Å². The summed E-state index contributed by atoms with van der Waals surface area (Å²) in [7, 11) is -1.76. The first-order chi connectivity index (χ1) is 17.5. The largest absolute Gasteiger partial charge is 0.465 e. The predicted octanol–water partition coefficient (Wildman–Crippen LogP) is 4.02. The van der Waals surface area contributed by atoms with Crippen LogP contribution in [0.15, 0.2) is 65.6 Å². The zero-order valence-corrected chi connectivity index (χ0v) is 22.0. The van der Waals surface area contributed by atoms with Gasteiger partial charge in [-0.15, -0.1) is 0 Å². The molecule has 3 rings (SSSR count). The van der Waals surface area contributed by atoms with Crippen molar-refractivity contribution in [1.82, 2.24) is 0 Å². The molecule has 37 heavy (non-hydrogen) atoms. The summed E-state index contributed by atoms with van der Waals surface area (Å²) in [5.41, 5.74) is 2.89. The second kappa shape index (κ2) is 11.3. The Morgan fingerprint density at radius 3 is 1.95 bits per heavy atom. The summed E-state index contributed by atoms with van der Waals surface area (Å²) in [4.78, 5) is 37.5. The average molecular weight is 525 g/mol. The minimum absolute atomic E-state index is 0.0113. The third-order valence-electron chi connectivity index (χ3n) is 5.51. The number of benzene rings is 3. The highest BCUT2D eigenvalue weighted by Gasteiger charge is 2.28. The van der Waals surface area contributed by atoms with Gasteiger partial charge in [-0.2, -0.15) is 0 Å². The third-order valence-corrected chi connectivity index (χ3v) is 7.30. The Hall–Kier alpha value is -4.18. The quantitative estimate of drug-likeness (QED) is 0.442. The number of ether oxygens (including phenoxy) is 2. The summed E-state index contributed by atoms with van der Waals surface area (Å²) in [5, 5.41) is 2.55. The molecule has 0 unspecified atom stereocenters. The first-order valence-electron chi connectivity index (χ1n) is 11.2. The van der Waals surface area contributed by atoms with Crippen molar-refractivity contribution >= 4 is 39.2 Å². The fourth-order valence-electron chi connectivity index (χ4n) is 3.75. The van der Waals surface area contributed by atoms with E-state index < -0.39 is 34.4 Å². The van der Waals surface area contributed by atoms with Gasteiger partial charge in [0, 0.05) is 0 Å². The number of nitrogens with zero attached hydrogens (tertiary/aromatic N) is 1. The molecule has 0 bridgehead atoms. The van der Waals surface area contributed by atoms with Crippen molar-refractivity contribution in [2.45, 2.75) is 25.7 Å². The van der Waals surface area contributed by atoms with Gasteiger partial charge in [-0.05, 0) is 74.4 Å². The summed E-state index contributed by atoms with van der Waals surface area (Å²) in [5.74, 6) is -2.15. The van der Waals surface area contributed by atoms with Crippen molar-refractivity contribution < 1.29 is 32.3 Å². The number of amides is 1. The van der Waals surface area contributed by atoms with Crippen molar-refractivity contribution in [2.24, 2.45) is 0 Å². The molecule has 0 aliphatic rings. The molecule has 0 aliphatic heterocycles. The van der Waals surface area contributed by atoms with Gasteiger partial charge in [0.1, 0.15) is 6.54 Å². The van der Waals surface area contributed by atoms with E-state index in [1.165, 1.54) is 44.6 Å². The number of nitrogens with one attached hydrogen (secondary N) is 1. The third kappa shape index (κ3) is 6.34. The molecule has 1 amide bonds. The van der Waals surface area contributed by atoms with Crippen LogP contribution in [0.5, 0.6) is 0 Å². The maximum atomic E-state index is 13.7. The van der Waals surface area contributed by atoms with Gasteiger partial charge >= 0.3 is 11.9 Å². The molecule has 0 saturated carbocycles. The molecule has 194 valence electrons. The highest BCUT2D eigenvalue weighted by molar-refractivity contribution is 7.92. The van der Waals surface area contributed by atoms with E-state index >= 15 is 0 Å². The highest BCUT2D eigenvalue weighted by Crippen LogP contribution is 2.27. The minimum Gasteiger partial charge on any atom is -0.465 e. The van der Waals surface area contributed by atoms with Gasteiger partial charge < -0.3 is 14.8 Å². The molecule has 0 fully saturated rings. The molecule has 0 heterocycles. The Morgan fingerprint density at radius 1 is 0.784 bits per heavy atom. The van der Waals surface area contributed by atoms with Crippen molar-refractivity contribution in [2.75, 3.05) is 30.4 Å². The number of esters is 2. The molecule has 0 saturated heterocycles. The normalized spacial score (nSPS) is 10.9. The molecule has 0 spiro atoms. The minimum atomic E-state index is -4.14. The highest BCUT2D eigenvalue weighted by atomic mass is 32.2. The van der Waals surface area contributed by atoms with Crippen LogP contribution in [-0.2, 0) is 24.3 Å². The van der Waals surface area contributed by atoms with Crippen molar-refractivity contribution in [3.8, 4) is 0 Å². The maximum absolute atomic E-state index is 13.7. The molecule has 0 aromatic heterocycles. The molecule has 0 aliphatic carbocycles. The molecule has 3 aromatic carbocycles. The standard InChI is InChI=1S/C27H28N2O7S/c1-17-6-9-22(10-7-17)37(33,34)29(21-13-18(2)12-19(3)14-21)16-25(30)28-24-15-20(26(31)35-4)8-11-23(24)27(32)36-5/h6-15H,16H2,1-5H3,(H,28,30). The maximum Gasteiger partial charge on any atom is 0.339 e. The van der Waals surface area contributed by atoms with Gasteiger partial charge in [0.2, 0.25) is 5.91 Å². The first kappa shape index (κ1) is 27.4. The Kier molecular flexibility index (Phi) is 8.34. The van der Waals surface area contributed by atoms with Gasteiger partial charge in [0.05, 0.1) is 41.6 Å². The van der Waals surface area contributed by atoms with E-state index in [2.05, 4.69) is 5.32 Å². The lowest BCUT2D eigenvalue weighted by Crippen LogP contribution is -2.38. The molecule has 3 aromatic rings. The Balaban J connectivity index is 2.04. The molecule has 0 atom stereocenters. The lowest BCUT2D eigenvalue weighted by atomic mass is 10.1. The number of carbonyl (C=O) groups is 3. The van der Waals surface area contributed by atoms with Crippen LogP contribution in [0.2, 0.25) is 0 Å².